The number of nitrogens with one attached hydrogen (secondary N) is 2. The second kappa shape index (κ2) is 9.50. The molecule has 0 fully saturated rings. The number of rotatable bonds is 8. The molecule has 0 spiro atoms. The molecule has 0 aliphatic heterocycles. The van der Waals surface area contributed by atoms with Crippen LogP contribution in [0.15, 0.2) is 54.9 Å². The van der Waals surface area contributed by atoms with E-state index >= 15 is 0 Å². The van der Waals surface area contributed by atoms with Crippen molar-refractivity contribution in [3.05, 3.63) is 71.9 Å². The normalized spacial score (nSPS) is 10.3. The maximum absolute atomic E-state index is 13.0. The average molecular weight is 396 g/mol. The molecule has 0 saturated heterocycles. The van der Waals surface area contributed by atoms with Gasteiger partial charge in [-0.15, -0.1) is 0 Å². The molecule has 29 heavy (non-hydrogen) atoms. The van der Waals surface area contributed by atoms with Gasteiger partial charge in [-0.3, -0.25) is 4.79 Å². The summed E-state index contributed by atoms with van der Waals surface area (Å²) in [6.45, 7) is 0.430. The lowest BCUT2D eigenvalue weighted by Crippen LogP contribution is -2.26. The van der Waals surface area contributed by atoms with Crippen molar-refractivity contribution >= 4 is 17.4 Å². The molecule has 0 radical (unpaired) electrons. The number of methoxy groups -OCH3 is 2. The van der Waals surface area contributed by atoms with Crippen molar-refractivity contribution in [1.29, 1.82) is 0 Å². The molecule has 0 saturated carbocycles. The van der Waals surface area contributed by atoms with E-state index in [0.29, 0.717) is 36.0 Å². The van der Waals surface area contributed by atoms with Crippen LogP contribution in [0, 0.1) is 5.82 Å². The Kier molecular flexibility index (Phi) is 6.57. The van der Waals surface area contributed by atoms with Gasteiger partial charge in [0.25, 0.3) is 5.91 Å². The van der Waals surface area contributed by atoms with E-state index in [4.69, 9.17) is 9.47 Å². The molecule has 2 N–H and O–H groups in total. The first kappa shape index (κ1) is 20.1. The third-order valence-electron chi connectivity index (χ3n) is 4.16. The molecular weight excluding hydrogens is 375 g/mol. The van der Waals surface area contributed by atoms with Gasteiger partial charge in [0.05, 0.1) is 14.2 Å². The van der Waals surface area contributed by atoms with E-state index in [-0.39, 0.29) is 17.4 Å². The van der Waals surface area contributed by atoms with Gasteiger partial charge in [-0.1, -0.05) is 6.07 Å². The molecular formula is C21H21FN4O3. The van der Waals surface area contributed by atoms with Crippen LogP contribution < -0.4 is 20.1 Å². The number of anilines is 2. The average Bonchev–Trinajstić information content (AvgIpc) is 2.75. The fourth-order valence-corrected chi connectivity index (χ4v) is 2.68. The largest absolute Gasteiger partial charge is 0.493 e. The Bertz CT molecular complexity index is 980. The van der Waals surface area contributed by atoms with Crippen molar-refractivity contribution in [2.24, 2.45) is 0 Å². The van der Waals surface area contributed by atoms with Gasteiger partial charge >= 0.3 is 0 Å². The van der Waals surface area contributed by atoms with Crippen LogP contribution in [0.1, 0.15) is 16.1 Å². The molecule has 0 unspecified atom stereocenters. The number of aromatic nitrogens is 2. The second-order valence-electron chi connectivity index (χ2n) is 6.12. The lowest BCUT2D eigenvalue weighted by molar-refractivity contribution is 0.0949. The van der Waals surface area contributed by atoms with Crippen molar-refractivity contribution in [3.8, 4) is 11.5 Å². The van der Waals surface area contributed by atoms with Crippen LogP contribution in [-0.2, 0) is 6.42 Å². The van der Waals surface area contributed by atoms with Crippen molar-refractivity contribution in [2.45, 2.75) is 6.42 Å². The van der Waals surface area contributed by atoms with Crippen LogP contribution in [0.4, 0.5) is 15.9 Å². The fourth-order valence-electron chi connectivity index (χ4n) is 2.68. The summed E-state index contributed by atoms with van der Waals surface area (Å²) < 4.78 is 23.5. The molecule has 0 bridgehead atoms. The Morgan fingerprint density at radius 2 is 1.76 bits per heavy atom. The highest BCUT2D eigenvalue weighted by molar-refractivity contribution is 5.92. The molecule has 3 rings (SSSR count). The summed E-state index contributed by atoms with van der Waals surface area (Å²) in [7, 11) is 3.16. The molecule has 7 nitrogen and oxygen atoms in total. The minimum absolute atomic E-state index is 0.233. The summed E-state index contributed by atoms with van der Waals surface area (Å²) in [5, 5.41) is 5.84. The fraction of sp³-hybridized carbons (Fsp3) is 0.190. The van der Waals surface area contributed by atoms with Crippen molar-refractivity contribution in [1.82, 2.24) is 15.3 Å². The van der Waals surface area contributed by atoms with E-state index in [2.05, 4.69) is 20.6 Å². The topological polar surface area (TPSA) is 85.4 Å². The van der Waals surface area contributed by atoms with Crippen molar-refractivity contribution < 1.29 is 18.7 Å². The summed E-state index contributed by atoms with van der Waals surface area (Å²) in [6.07, 6.45) is 1.92. The number of hydrogen-bond donors (Lipinski definition) is 2. The van der Waals surface area contributed by atoms with Gasteiger partial charge in [0.1, 0.15) is 23.7 Å². The van der Waals surface area contributed by atoms with Gasteiger partial charge in [-0.25, -0.2) is 14.4 Å². The minimum atomic E-state index is -0.326. The van der Waals surface area contributed by atoms with Crippen LogP contribution in [0.2, 0.25) is 0 Å². The summed E-state index contributed by atoms with van der Waals surface area (Å²) in [5.41, 5.74) is 1.89. The zero-order chi connectivity index (χ0) is 20.6. The number of nitrogens with zero attached hydrogens (tertiary/aromatic N) is 2. The lowest BCUT2D eigenvalue weighted by atomic mass is 10.1. The number of carbonyl (C=O) groups is 1. The van der Waals surface area contributed by atoms with Gasteiger partial charge in [-0.05, 0) is 48.4 Å². The van der Waals surface area contributed by atoms with Crippen LogP contribution in [-0.4, -0.2) is 36.6 Å². The number of amides is 1. The third-order valence-corrected chi connectivity index (χ3v) is 4.16. The van der Waals surface area contributed by atoms with Crippen LogP contribution in [0.25, 0.3) is 0 Å². The van der Waals surface area contributed by atoms with Crippen LogP contribution in [0.5, 0.6) is 11.5 Å². The van der Waals surface area contributed by atoms with Gasteiger partial charge in [0.15, 0.2) is 11.5 Å². The van der Waals surface area contributed by atoms with E-state index < -0.39 is 0 Å². The van der Waals surface area contributed by atoms with E-state index in [1.807, 2.05) is 18.2 Å². The molecule has 150 valence electrons. The second-order valence-corrected chi connectivity index (χ2v) is 6.12. The zero-order valence-corrected chi connectivity index (χ0v) is 16.1. The smallest absolute Gasteiger partial charge is 0.270 e. The Morgan fingerprint density at radius 1 is 1.00 bits per heavy atom. The highest BCUT2D eigenvalue weighted by Gasteiger charge is 2.10. The monoisotopic (exact) mass is 396 g/mol. The number of benzene rings is 2. The molecule has 0 atom stereocenters. The van der Waals surface area contributed by atoms with Crippen molar-refractivity contribution in [3.63, 3.8) is 0 Å². The number of halogens is 1. The minimum Gasteiger partial charge on any atom is -0.493 e. The highest BCUT2D eigenvalue weighted by Crippen LogP contribution is 2.27. The highest BCUT2D eigenvalue weighted by atomic mass is 19.1. The number of carbonyl (C=O) groups excluding carboxylic acids is 1. The first-order chi connectivity index (χ1) is 14.1. The Balaban J connectivity index is 1.57. The van der Waals surface area contributed by atoms with E-state index in [1.54, 1.807) is 26.4 Å². The SMILES string of the molecule is COc1ccc(CCNC(=O)c2cc(Nc3ccc(F)cc3)ncn2)cc1OC. The predicted molar refractivity (Wildman–Crippen MR) is 107 cm³/mol. The zero-order valence-electron chi connectivity index (χ0n) is 16.1. The summed E-state index contributed by atoms with van der Waals surface area (Å²) in [6, 6.07) is 13.0. The Morgan fingerprint density at radius 3 is 2.48 bits per heavy atom. The molecule has 2 aromatic carbocycles. The predicted octanol–water partition coefficient (Wildman–Crippen LogP) is 3.35. The molecule has 0 aliphatic rings. The Labute approximate surface area is 167 Å². The molecule has 0 aliphatic carbocycles. The van der Waals surface area contributed by atoms with E-state index in [0.717, 1.165) is 5.56 Å². The number of hydrogen-bond acceptors (Lipinski definition) is 6. The maximum atomic E-state index is 13.0. The molecule has 1 heterocycles. The van der Waals surface area contributed by atoms with Gasteiger partial charge in [0, 0.05) is 18.3 Å². The first-order valence-electron chi connectivity index (χ1n) is 8.93. The van der Waals surface area contributed by atoms with E-state index in [9.17, 15) is 9.18 Å². The first-order valence-corrected chi connectivity index (χ1v) is 8.93. The number of ether oxygens (including phenoxy) is 2. The standard InChI is InChI=1S/C21H21FN4O3/c1-28-18-8-3-14(11-19(18)29-2)9-10-23-21(27)17-12-20(25-13-24-17)26-16-6-4-15(22)5-7-16/h3-8,11-13H,9-10H2,1-2H3,(H,23,27)(H,24,25,26). The van der Waals surface area contributed by atoms with E-state index in [1.165, 1.54) is 24.5 Å². The van der Waals surface area contributed by atoms with Crippen LogP contribution in [0.3, 0.4) is 0 Å². The summed E-state index contributed by atoms with van der Waals surface area (Å²) in [4.78, 5) is 20.5. The van der Waals surface area contributed by atoms with Crippen molar-refractivity contribution in [2.75, 3.05) is 26.1 Å². The summed E-state index contributed by atoms with van der Waals surface area (Å²) >= 11 is 0. The lowest BCUT2D eigenvalue weighted by Gasteiger charge is -2.10. The molecule has 8 heteroatoms. The molecule has 1 aromatic heterocycles. The molecule has 1 amide bonds. The van der Waals surface area contributed by atoms with Gasteiger partial charge < -0.3 is 20.1 Å². The Hall–Kier alpha value is -3.68. The maximum Gasteiger partial charge on any atom is 0.270 e. The quantitative estimate of drug-likeness (QED) is 0.607. The third kappa shape index (κ3) is 5.41. The summed E-state index contributed by atoms with van der Waals surface area (Å²) in [5.74, 6) is 1.10. The van der Waals surface area contributed by atoms with Gasteiger partial charge in [0.2, 0.25) is 0 Å². The van der Waals surface area contributed by atoms with Crippen LogP contribution >= 0.6 is 0 Å². The van der Waals surface area contributed by atoms with Gasteiger partial charge in [-0.2, -0.15) is 0 Å². The molecule has 3 aromatic rings.